The Bertz CT molecular complexity index is 1050. The van der Waals surface area contributed by atoms with Crippen LogP contribution in [-0.2, 0) is 4.74 Å². The molecule has 0 radical (unpaired) electrons. The van der Waals surface area contributed by atoms with E-state index in [0.29, 0.717) is 22.7 Å². The van der Waals surface area contributed by atoms with Crippen LogP contribution in [-0.4, -0.2) is 33.4 Å². The molecule has 0 bridgehead atoms. The molecule has 8 heteroatoms. The van der Waals surface area contributed by atoms with Crippen LogP contribution in [0.15, 0.2) is 76.1 Å². The van der Waals surface area contributed by atoms with Gasteiger partial charge in [0.05, 0.1) is 24.4 Å². The Hall–Kier alpha value is -3.94. The number of nitrogens with zero attached hydrogens (tertiary/aromatic N) is 3. The average molecular weight is 363 g/mol. The van der Waals surface area contributed by atoms with Gasteiger partial charge < -0.3 is 13.6 Å². The second kappa shape index (κ2) is 7.12. The summed E-state index contributed by atoms with van der Waals surface area (Å²) < 4.78 is 16.9. The molecule has 0 saturated heterocycles. The Labute approximate surface area is 153 Å². The molecule has 0 spiro atoms. The molecule has 0 saturated carbocycles. The molecule has 0 aliphatic rings. The molecule has 3 aromatic heterocycles. The quantitative estimate of drug-likeness (QED) is 0.383. The van der Waals surface area contributed by atoms with Crippen molar-refractivity contribution >= 4 is 11.8 Å². The SMILES string of the molecule is O=C(COC(=O)c1ccco1)c1ccc(-n2nncc2-c2ccco2)cc1. The molecule has 0 unspecified atom stereocenters. The standard InChI is InChI=1S/C19H13N3O5/c23-16(12-27-19(24)18-4-2-10-26-18)13-5-7-14(8-6-13)22-15(11-20-21-22)17-3-1-9-25-17/h1-11H,12H2. The highest BCUT2D eigenvalue weighted by Gasteiger charge is 2.15. The van der Waals surface area contributed by atoms with Gasteiger partial charge in [-0.1, -0.05) is 5.21 Å². The van der Waals surface area contributed by atoms with Gasteiger partial charge in [-0.05, 0) is 48.5 Å². The Balaban J connectivity index is 1.46. The van der Waals surface area contributed by atoms with Gasteiger partial charge in [0.15, 0.2) is 18.2 Å². The molecule has 4 rings (SSSR count). The van der Waals surface area contributed by atoms with Crippen molar-refractivity contribution in [1.29, 1.82) is 0 Å². The van der Waals surface area contributed by atoms with Crippen LogP contribution in [0.3, 0.4) is 0 Å². The van der Waals surface area contributed by atoms with Gasteiger partial charge in [-0.25, -0.2) is 9.48 Å². The molecule has 134 valence electrons. The highest BCUT2D eigenvalue weighted by atomic mass is 16.5. The van der Waals surface area contributed by atoms with Crippen molar-refractivity contribution in [3.05, 3.63) is 78.6 Å². The van der Waals surface area contributed by atoms with Gasteiger partial charge in [0.1, 0.15) is 5.69 Å². The van der Waals surface area contributed by atoms with Crippen molar-refractivity contribution in [3.8, 4) is 17.1 Å². The lowest BCUT2D eigenvalue weighted by molar-refractivity contribution is 0.0444. The first-order valence-corrected chi connectivity index (χ1v) is 8.01. The first-order valence-electron chi connectivity index (χ1n) is 8.01. The van der Waals surface area contributed by atoms with Crippen molar-refractivity contribution < 1.29 is 23.2 Å². The third kappa shape index (κ3) is 3.40. The largest absolute Gasteiger partial charge is 0.463 e. The highest BCUT2D eigenvalue weighted by Crippen LogP contribution is 2.22. The molecule has 0 fully saturated rings. The summed E-state index contributed by atoms with van der Waals surface area (Å²) in [7, 11) is 0. The number of carbonyl (C=O) groups is 2. The van der Waals surface area contributed by atoms with Crippen LogP contribution in [0.25, 0.3) is 17.1 Å². The number of ketones is 1. The molecule has 0 aliphatic carbocycles. The fourth-order valence-electron chi connectivity index (χ4n) is 2.49. The minimum absolute atomic E-state index is 0.0507. The monoisotopic (exact) mass is 363 g/mol. The van der Waals surface area contributed by atoms with Crippen LogP contribution >= 0.6 is 0 Å². The van der Waals surface area contributed by atoms with Gasteiger partial charge in [0.25, 0.3) is 0 Å². The Morgan fingerprint density at radius 2 is 1.78 bits per heavy atom. The number of rotatable bonds is 6. The van der Waals surface area contributed by atoms with Gasteiger partial charge in [-0.3, -0.25) is 4.79 Å². The number of furan rings is 2. The van der Waals surface area contributed by atoms with E-state index in [-0.39, 0.29) is 18.2 Å². The van der Waals surface area contributed by atoms with E-state index in [1.807, 2.05) is 0 Å². The van der Waals surface area contributed by atoms with E-state index < -0.39 is 5.97 Å². The predicted octanol–water partition coefficient (Wildman–Crippen LogP) is 3.16. The van der Waals surface area contributed by atoms with Crippen LogP contribution in [0.5, 0.6) is 0 Å². The number of ether oxygens (including phenoxy) is 1. The lowest BCUT2D eigenvalue weighted by Crippen LogP contribution is -2.14. The summed E-state index contributed by atoms with van der Waals surface area (Å²) in [5.41, 5.74) is 1.81. The third-order valence-corrected chi connectivity index (χ3v) is 3.81. The number of hydrogen-bond donors (Lipinski definition) is 0. The number of Topliss-reactive ketones (excluding diaryl/α,β-unsaturated/α-hetero) is 1. The number of hydrogen-bond acceptors (Lipinski definition) is 7. The molecule has 0 atom stereocenters. The predicted molar refractivity (Wildman–Crippen MR) is 92.4 cm³/mol. The third-order valence-electron chi connectivity index (χ3n) is 3.81. The zero-order valence-corrected chi connectivity index (χ0v) is 13.9. The maximum absolute atomic E-state index is 12.2. The zero-order chi connectivity index (χ0) is 18.6. The molecule has 0 amide bonds. The summed E-state index contributed by atoms with van der Waals surface area (Å²) >= 11 is 0. The summed E-state index contributed by atoms with van der Waals surface area (Å²) in [6.45, 7) is -0.375. The molecule has 4 aromatic rings. The Kier molecular flexibility index (Phi) is 4.36. The minimum atomic E-state index is -0.685. The van der Waals surface area contributed by atoms with Gasteiger partial charge in [0, 0.05) is 5.56 Å². The molecule has 0 aliphatic heterocycles. The van der Waals surface area contributed by atoms with Crippen molar-refractivity contribution in [2.45, 2.75) is 0 Å². The zero-order valence-electron chi connectivity index (χ0n) is 13.9. The summed E-state index contributed by atoms with van der Waals surface area (Å²) in [5.74, 6) is -0.332. The minimum Gasteiger partial charge on any atom is -0.463 e. The molecule has 8 nitrogen and oxygen atoms in total. The molecular formula is C19H13N3O5. The van der Waals surface area contributed by atoms with Gasteiger partial charge >= 0.3 is 5.97 Å². The second-order valence-corrected chi connectivity index (χ2v) is 5.53. The number of aromatic nitrogens is 3. The van der Waals surface area contributed by atoms with E-state index in [4.69, 9.17) is 13.6 Å². The Morgan fingerprint density at radius 3 is 2.48 bits per heavy atom. The molecule has 1 aromatic carbocycles. The van der Waals surface area contributed by atoms with E-state index in [0.717, 1.165) is 0 Å². The number of esters is 1. The second-order valence-electron chi connectivity index (χ2n) is 5.53. The molecule has 27 heavy (non-hydrogen) atoms. The van der Waals surface area contributed by atoms with Crippen LogP contribution in [0.4, 0.5) is 0 Å². The summed E-state index contributed by atoms with van der Waals surface area (Å²) in [4.78, 5) is 23.9. The van der Waals surface area contributed by atoms with Crippen molar-refractivity contribution in [2.24, 2.45) is 0 Å². The van der Waals surface area contributed by atoms with E-state index >= 15 is 0 Å². The average Bonchev–Trinajstić information content (AvgIpc) is 3.47. The fraction of sp³-hybridized carbons (Fsp3) is 0.0526. The molecular weight excluding hydrogens is 350 g/mol. The normalized spacial score (nSPS) is 10.7. The lowest BCUT2D eigenvalue weighted by Gasteiger charge is -2.06. The number of carbonyl (C=O) groups excluding carboxylic acids is 2. The van der Waals surface area contributed by atoms with Crippen LogP contribution in [0.1, 0.15) is 20.9 Å². The highest BCUT2D eigenvalue weighted by molar-refractivity contribution is 5.99. The lowest BCUT2D eigenvalue weighted by atomic mass is 10.1. The fourth-order valence-corrected chi connectivity index (χ4v) is 2.49. The smallest absolute Gasteiger partial charge is 0.374 e. The van der Waals surface area contributed by atoms with Crippen LogP contribution in [0, 0.1) is 0 Å². The first kappa shape index (κ1) is 16.5. The first-order chi connectivity index (χ1) is 13.2. The van der Waals surface area contributed by atoms with Crippen LogP contribution in [0.2, 0.25) is 0 Å². The van der Waals surface area contributed by atoms with Gasteiger partial charge in [-0.15, -0.1) is 5.10 Å². The summed E-state index contributed by atoms with van der Waals surface area (Å²) in [6, 6.07) is 13.3. The van der Waals surface area contributed by atoms with Gasteiger partial charge in [-0.2, -0.15) is 0 Å². The number of benzene rings is 1. The topological polar surface area (TPSA) is 100 Å². The summed E-state index contributed by atoms with van der Waals surface area (Å²) in [5, 5.41) is 7.95. The molecule has 3 heterocycles. The van der Waals surface area contributed by atoms with E-state index in [1.165, 1.54) is 12.3 Å². The van der Waals surface area contributed by atoms with E-state index in [1.54, 1.807) is 59.6 Å². The maximum atomic E-state index is 12.2. The van der Waals surface area contributed by atoms with Crippen molar-refractivity contribution in [1.82, 2.24) is 15.0 Å². The van der Waals surface area contributed by atoms with Crippen molar-refractivity contribution in [2.75, 3.05) is 6.61 Å². The Morgan fingerprint density at radius 1 is 1.00 bits per heavy atom. The molecule has 0 N–H and O–H groups in total. The van der Waals surface area contributed by atoms with Crippen molar-refractivity contribution in [3.63, 3.8) is 0 Å². The maximum Gasteiger partial charge on any atom is 0.374 e. The summed E-state index contributed by atoms with van der Waals surface area (Å²) in [6.07, 6.45) is 4.52. The van der Waals surface area contributed by atoms with E-state index in [2.05, 4.69) is 10.3 Å². The van der Waals surface area contributed by atoms with E-state index in [9.17, 15) is 9.59 Å². The van der Waals surface area contributed by atoms with Crippen LogP contribution < -0.4 is 0 Å². The van der Waals surface area contributed by atoms with Gasteiger partial charge in [0.2, 0.25) is 5.76 Å².